The van der Waals surface area contributed by atoms with Crippen LogP contribution in [-0.2, 0) is 6.42 Å². The Morgan fingerprint density at radius 2 is 1.60 bits per heavy atom. The molecule has 0 spiro atoms. The molecule has 0 saturated carbocycles. The number of rotatable bonds is 5. The molecule has 0 aromatic heterocycles. The Labute approximate surface area is 149 Å². The van der Waals surface area contributed by atoms with Crippen molar-refractivity contribution in [3.63, 3.8) is 0 Å². The number of carbonyl (C=O) groups is 1. The molecule has 3 nitrogen and oxygen atoms in total. The molecule has 0 fully saturated rings. The van der Waals surface area contributed by atoms with Crippen LogP contribution in [0.15, 0.2) is 66.7 Å². The zero-order valence-electron chi connectivity index (χ0n) is 15.0. The van der Waals surface area contributed by atoms with E-state index in [0.29, 0.717) is 0 Å². The molecular weight excluding hydrogens is 308 g/mol. The fraction of sp³-hybridized carbons (Fsp3) is 0.227. The minimum Gasteiger partial charge on any atom is -0.377 e. The van der Waals surface area contributed by atoms with Crippen LogP contribution in [0.1, 0.15) is 22.8 Å². The van der Waals surface area contributed by atoms with Gasteiger partial charge in [0, 0.05) is 36.8 Å². The Kier molecular flexibility index (Phi) is 5.03. The summed E-state index contributed by atoms with van der Waals surface area (Å²) in [4.78, 5) is 14.9. The number of carbonyl (C=O) groups excluding carboxylic acids is 1. The van der Waals surface area contributed by atoms with Crippen LogP contribution >= 0.6 is 0 Å². The van der Waals surface area contributed by atoms with Crippen molar-refractivity contribution in [3.05, 3.63) is 77.9 Å². The Balaban J connectivity index is 1.84. The second kappa shape index (κ2) is 7.39. The molecule has 3 heteroatoms. The predicted molar refractivity (Wildman–Crippen MR) is 105 cm³/mol. The topological polar surface area (TPSA) is 32.3 Å². The molecule has 0 radical (unpaired) electrons. The van der Waals surface area contributed by atoms with Crippen molar-refractivity contribution in [2.24, 2.45) is 0 Å². The van der Waals surface area contributed by atoms with Gasteiger partial charge in [-0.1, -0.05) is 54.6 Å². The van der Waals surface area contributed by atoms with E-state index in [0.717, 1.165) is 28.4 Å². The third-order valence-electron chi connectivity index (χ3n) is 4.39. The van der Waals surface area contributed by atoms with Crippen LogP contribution in [0.25, 0.3) is 10.8 Å². The normalized spacial score (nSPS) is 12.0. The maximum atomic E-state index is 12.8. The SMILES string of the molecule is C[C@H](Cc1ccccc1)NC(=O)c1cccc2c(N(C)C)cccc12. The van der Waals surface area contributed by atoms with Gasteiger partial charge in [-0.2, -0.15) is 0 Å². The molecule has 1 amide bonds. The summed E-state index contributed by atoms with van der Waals surface area (Å²) in [6, 6.07) is 22.3. The first kappa shape index (κ1) is 17.0. The summed E-state index contributed by atoms with van der Waals surface area (Å²) in [5.74, 6) is -0.0232. The molecule has 0 aliphatic rings. The summed E-state index contributed by atoms with van der Waals surface area (Å²) in [6.45, 7) is 2.04. The van der Waals surface area contributed by atoms with Crippen molar-refractivity contribution in [1.82, 2.24) is 5.32 Å². The number of nitrogens with one attached hydrogen (secondary N) is 1. The van der Waals surface area contributed by atoms with Gasteiger partial charge >= 0.3 is 0 Å². The molecule has 0 unspecified atom stereocenters. The third-order valence-corrected chi connectivity index (χ3v) is 4.39. The van der Waals surface area contributed by atoms with Crippen molar-refractivity contribution in [3.8, 4) is 0 Å². The Morgan fingerprint density at radius 3 is 2.32 bits per heavy atom. The fourth-order valence-corrected chi connectivity index (χ4v) is 3.20. The van der Waals surface area contributed by atoms with Gasteiger partial charge in [-0.05, 0) is 36.4 Å². The summed E-state index contributed by atoms with van der Waals surface area (Å²) < 4.78 is 0. The van der Waals surface area contributed by atoms with E-state index < -0.39 is 0 Å². The van der Waals surface area contributed by atoms with Crippen LogP contribution < -0.4 is 10.2 Å². The van der Waals surface area contributed by atoms with Gasteiger partial charge in [-0.15, -0.1) is 0 Å². The first-order valence-corrected chi connectivity index (χ1v) is 8.60. The second-order valence-corrected chi connectivity index (χ2v) is 6.64. The van der Waals surface area contributed by atoms with E-state index in [4.69, 9.17) is 0 Å². The van der Waals surface area contributed by atoms with Crippen molar-refractivity contribution < 1.29 is 4.79 Å². The maximum absolute atomic E-state index is 12.8. The van der Waals surface area contributed by atoms with Crippen LogP contribution in [0.2, 0.25) is 0 Å². The highest BCUT2D eigenvalue weighted by Crippen LogP contribution is 2.27. The number of nitrogens with zero attached hydrogens (tertiary/aromatic N) is 1. The number of hydrogen-bond acceptors (Lipinski definition) is 2. The molecule has 128 valence electrons. The molecule has 1 atom stereocenters. The van der Waals surface area contributed by atoms with Crippen molar-refractivity contribution >= 4 is 22.4 Å². The number of benzene rings is 3. The summed E-state index contributed by atoms with van der Waals surface area (Å²) in [5.41, 5.74) is 3.06. The van der Waals surface area contributed by atoms with Crippen LogP contribution in [-0.4, -0.2) is 26.0 Å². The van der Waals surface area contributed by atoms with E-state index >= 15 is 0 Å². The lowest BCUT2D eigenvalue weighted by atomic mass is 10.0. The summed E-state index contributed by atoms with van der Waals surface area (Å²) in [7, 11) is 4.03. The lowest BCUT2D eigenvalue weighted by Crippen LogP contribution is -2.34. The lowest BCUT2D eigenvalue weighted by Gasteiger charge is -2.18. The summed E-state index contributed by atoms with van der Waals surface area (Å²) in [5, 5.41) is 5.21. The van der Waals surface area contributed by atoms with E-state index in [9.17, 15) is 4.79 Å². The van der Waals surface area contributed by atoms with Gasteiger partial charge in [0.05, 0.1) is 0 Å². The quantitative estimate of drug-likeness (QED) is 0.757. The highest BCUT2D eigenvalue weighted by molar-refractivity contribution is 6.10. The van der Waals surface area contributed by atoms with Crippen molar-refractivity contribution in [2.45, 2.75) is 19.4 Å². The van der Waals surface area contributed by atoms with Gasteiger partial charge in [-0.3, -0.25) is 4.79 Å². The molecule has 3 rings (SSSR count). The molecule has 3 aromatic rings. The highest BCUT2D eigenvalue weighted by Gasteiger charge is 2.14. The van der Waals surface area contributed by atoms with Gasteiger partial charge in [0.2, 0.25) is 0 Å². The molecule has 1 N–H and O–H groups in total. The number of fused-ring (bicyclic) bond motifs is 1. The molecule has 0 bridgehead atoms. The van der Waals surface area contributed by atoms with E-state index in [1.807, 2.05) is 63.5 Å². The van der Waals surface area contributed by atoms with E-state index in [-0.39, 0.29) is 11.9 Å². The third kappa shape index (κ3) is 3.82. The monoisotopic (exact) mass is 332 g/mol. The molecule has 0 aliphatic carbocycles. The molecule has 0 heterocycles. The fourth-order valence-electron chi connectivity index (χ4n) is 3.20. The first-order valence-electron chi connectivity index (χ1n) is 8.60. The zero-order chi connectivity index (χ0) is 17.8. The van der Waals surface area contributed by atoms with Gasteiger partial charge in [0.1, 0.15) is 0 Å². The number of amides is 1. The maximum Gasteiger partial charge on any atom is 0.252 e. The highest BCUT2D eigenvalue weighted by atomic mass is 16.1. The number of hydrogen-bond donors (Lipinski definition) is 1. The zero-order valence-corrected chi connectivity index (χ0v) is 15.0. The van der Waals surface area contributed by atoms with Crippen LogP contribution in [0, 0.1) is 0 Å². The van der Waals surface area contributed by atoms with E-state index in [2.05, 4.69) is 34.5 Å². The molecular formula is C22H24N2O. The van der Waals surface area contributed by atoms with E-state index in [1.165, 1.54) is 5.56 Å². The number of anilines is 1. The predicted octanol–water partition coefficient (Wildman–Crippen LogP) is 4.27. The van der Waals surface area contributed by atoms with Gasteiger partial charge < -0.3 is 10.2 Å². The molecule has 3 aromatic carbocycles. The van der Waals surface area contributed by atoms with Crippen molar-refractivity contribution in [2.75, 3.05) is 19.0 Å². The summed E-state index contributed by atoms with van der Waals surface area (Å²) in [6.07, 6.45) is 0.820. The van der Waals surface area contributed by atoms with Gasteiger partial charge in [0.15, 0.2) is 0 Å². The Morgan fingerprint density at radius 1 is 0.920 bits per heavy atom. The first-order chi connectivity index (χ1) is 12.1. The average molecular weight is 332 g/mol. The Hall–Kier alpha value is -2.81. The lowest BCUT2D eigenvalue weighted by molar-refractivity contribution is 0.0942. The van der Waals surface area contributed by atoms with Crippen LogP contribution in [0.4, 0.5) is 5.69 Å². The Bertz CT molecular complexity index is 872. The second-order valence-electron chi connectivity index (χ2n) is 6.64. The minimum absolute atomic E-state index is 0.0232. The average Bonchev–Trinajstić information content (AvgIpc) is 2.61. The largest absolute Gasteiger partial charge is 0.377 e. The van der Waals surface area contributed by atoms with E-state index in [1.54, 1.807) is 0 Å². The molecule has 25 heavy (non-hydrogen) atoms. The smallest absolute Gasteiger partial charge is 0.252 e. The van der Waals surface area contributed by atoms with Crippen LogP contribution in [0.3, 0.4) is 0 Å². The van der Waals surface area contributed by atoms with Gasteiger partial charge in [0.25, 0.3) is 5.91 Å². The molecule has 0 aliphatic heterocycles. The minimum atomic E-state index is -0.0232. The molecule has 0 saturated heterocycles. The van der Waals surface area contributed by atoms with Crippen molar-refractivity contribution in [1.29, 1.82) is 0 Å². The summed E-state index contributed by atoms with van der Waals surface area (Å²) >= 11 is 0. The van der Waals surface area contributed by atoms with Crippen LogP contribution in [0.5, 0.6) is 0 Å². The van der Waals surface area contributed by atoms with Gasteiger partial charge in [-0.25, -0.2) is 0 Å². The standard InChI is InChI=1S/C22H24N2O/c1-16(15-17-9-5-4-6-10-17)23-22(25)20-13-7-12-19-18(20)11-8-14-21(19)24(2)3/h4-14,16H,15H2,1-3H3,(H,23,25)/t16-/m1/s1.